The SMILES string of the molecule is Cc1cn(CCCCCCCl)nc1[N+](=O)[O-]. The minimum Gasteiger partial charge on any atom is -0.358 e. The molecule has 0 aliphatic carbocycles. The number of alkyl halides is 1. The monoisotopic (exact) mass is 245 g/mol. The van der Waals surface area contributed by atoms with E-state index in [4.69, 9.17) is 11.6 Å². The minimum atomic E-state index is -0.445. The standard InChI is InChI=1S/C10H16ClN3O2/c1-9-8-13(12-10(9)14(15)16)7-5-3-2-4-6-11/h8H,2-7H2,1H3. The average molecular weight is 246 g/mol. The van der Waals surface area contributed by atoms with E-state index in [1.54, 1.807) is 17.8 Å². The Morgan fingerprint density at radius 3 is 2.69 bits per heavy atom. The summed E-state index contributed by atoms with van der Waals surface area (Å²) in [5.74, 6) is 0.660. The Morgan fingerprint density at radius 1 is 1.44 bits per heavy atom. The van der Waals surface area contributed by atoms with E-state index in [0.29, 0.717) is 11.4 Å². The second kappa shape index (κ2) is 6.48. The number of rotatable bonds is 7. The molecule has 6 heteroatoms. The van der Waals surface area contributed by atoms with E-state index >= 15 is 0 Å². The molecule has 0 saturated heterocycles. The molecule has 0 aromatic carbocycles. The lowest BCUT2D eigenvalue weighted by Gasteiger charge is -1.97. The first-order valence-electron chi connectivity index (χ1n) is 5.39. The van der Waals surface area contributed by atoms with Gasteiger partial charge in [-0.3, -0.25) is 0 Å². The summed E-state index contributed by atoms with van der Waals surface area (Å²) < 4.78 is 1.65. The van der Waals surface area contributed by atoms with Gasteiger partial charge in [0.1, 0.15) is 0 Å². The van der Waals surface area contributed by atoms with Gasteiger partial charge in [-0.25, -0.2) is 0 Å². The second-order valence-corrected chi connectivity index (χ2v) is 4.14. The number of nitro groups is 1. The van der Waals surface area contributed by atoms with Crippen molar-refractivity contribution in [3.8, 4) is 0 Å². The molecule has 1 aromatic heterocycles. The largest absolute Gasteiger partial charge is 0.392 e. The molecule has 0 fully saturated rings. The number of aromatic nitrogens is 2. The van der Waals surface area contributed by atoms with Gasteiger partial charge in [0.2, 0.25) is 0 Å². The summed E-state index contributed by atoms with van der Waals surface area (Å²) in [6.45, 7) is 2.44. The van der Waals surface area contributed by atoms with Crippen molar-refractivity contribution >= 4 is 17.4 Å². The summed E-state index contributed by atoms with van der Waals surface area (Å²) >= 11 is 5.56. The first-order chi connectivity index (χ1) is 7.65. The van der Waals surface area contributed by atoms with Crippen LogP contribution in [0.2, 0.25) is 0 Å². The average Bonchev–Trinajstić information content (AvgIpc) is 2.59. The molecule has 16 heavy (non-hydrogen) atoms. The molecule has 90 valence electrons. The van der Waals surface area contributed by atoms with Crippen molar-refractivity contribution in [2.24, 2.45) is 0 Å². The first-order valence-corrected chi connectivity index (χ1v) is 5.93. The zero-order chi connectivity index (χ0) is 12.0. The summed E-state index contributed by atoms with van der Waals surface area (Å²) in [5, 5.41) is 14.5. The highest BCUT2D eigenvalue weighted by Crippen LogP contribution is 2.14. The highest BCUT2D eigenvalue weighted by molar-refractivity contribution is 6.17. The maximum atomic E-state index is 10.6. The molecule has 0 bridgehead atoms. The third kappa shape index (κ3) is 3.81. The van der Waals surface area contributed by atoms with Crippen LogP contribution in [-0.2, 0) is 6.54 Å². The number of unbranched alkanes of at least 4 members (excludes halogenated alkanes) is 3. The molecular formula is C10H16ClN3O2. The Hall–Kier alpha value is -1.10. The Kier molecular flexibility index (Phi) is 5.25. The van der Waals surface area contributed by atoms with Gasteiger partial charge in [0.25, 0.3) is 0 Å². The van der Waals surface area contributed by atoms with E-state index in [1.807, 2.05) is 0 Å². The van der Waals surface area contributed by atoms with Crippen molar-refractivity contribution in [3.63, 3.8) is 0 Å². The minimum absolute atomic E-state index is 0.0410. The predicted molar refractivity (Wildman–Crippen MR) is 62.8 cm³/mol. The molecule has 0 spiro atoms. The van der Waals surface area contributed by atoms with Crippen LogP contribution in [0.25, 0.3) is 0 Å². The van der Waals surface area contributed by atoms with Gasteiger partial charge in [-0.1, -0.05) is 12.8 Å². The Balaban J connectivity index is 2.37. The van der Waals surface area contributed by atoms with Crippen LogP contribution in [0.3, 0.4) is 0 Å². The summed E-state index contributed by atoms with van der Waals surface area (Å²) in [4.78, 5) is 10.1. The third-order valence-electron chi connectivity index (χ3n) is 2.36. The van der Waals surface area contributed by atoms with Crippen LogP contribution in [0.15, 0.2) is 6.20 Å². The molecule has 1 rings (SSSR count). The van der Waals surface area contributed by atoms with Gasteiger partial charge in [0, 0.05) is 5.88 Å². The molecule has 5 nitrogen and oxygen atoms in total. The quantitative estimate of drug-likeness (QED) is 0.321. The van der Waals surface area contributed by atoms with Gasteiger partial charge in [0.15, 0.2) is 0 Å². The predicted octanol–water partition coefficient (Wildman–Crippen LogP) is 2.90. The number of hydrogen-bond acceptors (Lipinski definition) is 3. The topological polar surface area (TPSA) is 61.0 Å². The number of nitrogens with zero attached hydrogens (tertiary/aromatic N) is 3. The molecule has 0 saturated carbocycles. The van der Waals surface area contributed by atoms with E-state index in [1.165, 1.54) is 0 Å². The highest BCUT2D eigenvalue weighted by atomic mass is 35.5. The van der Waals surface area contributed by atoms with Crippen molar-refractivity contribution in [3.05, 3.63) is 21.9 Å². The molecule has 0 atom stereocenters. The molecule has 1 heterocycles. The van der Waals surface area contributed by atoms with Crippen LogP contribution < -0.4 is 0 Å². The van der Waals surface area contributed by atoms with E-state index in [0.717, 1.165) is 32.2 Å². The Morgan fingerprint density at radius 2 is 2.12 bits per heavy atom. The summed E-state index contributed by atoms with van der Waals surface area (Å²) in [6.07, 6.45) is 5.92. The fraction of sp³-hybridized carbons (Fsp3) is 0.700. The first kappa shape index (κ1) is 13.0. The smallest absolute Gasteiger partial charge is 0.358 e. The van der Waals surface area contributed by atoms with Gasteiger partial charge >= 0.3 is 5.82 Å². The lowest BCUT2D eigenvalue weighted by Crippen LogP contribution is -1.99. The highest BCUT2D eigenvalue weighted by Gasteiger charge is 2.16. The number of halogens is 1. The van der Waals surface area contributed by atoms with Crippen molar-refractivity contribution in [1.82, 2.24) is 9.78 Å². The molecule has 0 amide bonds. The van der Waals surface area contributed by atoms with Crippen molar-refractivity contribution in [2.75, 3.05) is 5.88 Å². The Bertz CT molecular complexity index is 352. The lowest BCUT2D eigenvalue weighted by atomic mass is 10.2. The van der Waals surface area contributed by atoms with Gasteiger partial charge < -0.3 is 10.1 Å². The van der Waals surface area contributed by atoms with Crippen LogP contribution in [0.5, 0.6) is 0 Å². The lowest BCUT2D eigenvalue weighted by molar-refractivity contribution is -0.390. The number of hydrogen-bond donors (Lipinski definition) is 0. The maximum Gasteiger partial charge on any atom is 0.392 e. The van der Waals surface area contributed by atoms with Gasteiger partial charge in [0.05, 0.1) is 23.4 Å². The second-order valence-electron chi connectivity index (χ2n) is 3.76. The van der Waals surface area contributed by atoms with Crippen LogP contribution in [0.4, 0.5) is 5.82 Å². The molecule has 0 aliphatic rings. The zero-order valence-corrected chi connectivity index (χ0v) is 10.1. The molecule has 0 unspecified atom stereocenters. The molecule has 0 radical (unpaired) electrons. The van der Waals surface area contributed by atoms with Crippen LogP contribution in [0.1, 0.15) is 31.2 Å². The van der Waals surface area contributed by atoms with E-state index < -0.39 is 4.92 Å². The van der Waals surface area contributed by atoms with Gasteiger partial charge in [-0.05, 0) is 24.7 Å². The van der Waals surface area contributed by atoms with Gasteiger partial charge in [-0.15, -0.1) is 11.6 Å². The molecular weight excluding hydrogens is 230 g/mol. The van der Waals surface area contributed by atoms with Crippen molar-refractivity contribution < 1.29 is 4.92 Å². The number of aryl methyl sites for hydroxylation is 2. The molecule has 1 aromatic rings. The third-order valence-corrected chi connectivity index (χ3v) is 2.63. The summed E-state index contributed by atoms with van der Waals surface area (Å²) in [5.41, 5.74) is 0.616. The van der Waals surface area contributed by atoms with Crippen LogP contribution in [-0.4, -0.2) is 20.6 Å². The molecule has 0 aliphatic heterocycles. The Labute approximate surface area is 99.5 Å². The van der Waals surface area contributed by atoms with Crippen LogP contribution >= 0.6 is 11.6 Å². The van der Waals surface area contributed by atoms with E-state index in [9.17, 15) is 10.1 Å². The summed E-state index contributed by atoms with van der Waals surface area (Å²) in [6, 6.07) is 0. The van der Waals surface area contributed by atoms with Crippen LogP contribution in [0, 0.1) is 17.0 Å². The maximum absolute atomic E-state index is 10.6. The van der Waals surface area contributed by atoms with Crippen molar-refractivity contribution in [1.29, 1.82) is 0 Å². The fourth-order valence-corrected chi connectivity index (χ4v) is 1.72. The van der Waals surface area contributed by atoms with Gasteiger partial charge in [-0.2, -0.15) is 4.68 Å². The zero-order valence-electron chi connectivity index (χ0n) is 9.36. The van der Waals surface area contributed by atoms with E-state index in [-0.39, 0.29) is 5.82 Å². The summed E-state index contributed by atoms with van der Waals surface area (Å²) in [7, 11) is 0. The van der Waals surface area contributed by atoms with E-state index in [2.05, 4.69) is 5.10 Å². The fourth-order valence-electron chi connectivity index (χ4n) is 1.53. The van der Waals surface area contributed by atoms with Crippen molar-refractivity contribution in [2.45, 2.75) is 39.2 Å². The molecule has 0 N–H and O–H groups in total. The normalized spacial score (nSPS) is 10.6.